The van der Waals surface area contributed by atoms with Crippen LogP contribution in [0.5, 0.6) is 0 Å². The molecule has 0 unspecified atom stereocenters. The molecular weight excluding hydrogens is 366 g/mol. The Morgan fingerprint density at radius 2 is 2.19 bits per heavy atom. The summed E-state index contributed by atoms with van der Waals surface area (Å²) in [4.78, 5) is 24.6. The number of carbonyl (C=O) groups excluding carboxylic acids is 1. The minimum absolute atomic E-state index is 0.0875. The fourth-order valence-electron chi connectivity index (χ4n) is 2.80. The molecule has 9 heteroatoms. The maximum atomic E-state index is 12.9. The van der Waals surface area contributed by atoms with Crippen molar-refractivity contribution in [3.63, 3.8) is 0 Å². The normalized spacial score (nSPS) is 11.0. The molecule has 0 fully saturated rings. The maximum Gasteiger partial charge on any atom is 0.264 e. The molecule has 0 radical (unpaired) electrons. The lowest BCUT2D eigenvalue weighted by Crippen LogP contribution is -2.26. The second-order valence-corrected chi connectivity index (χ2v) is 7.04. The minimum Gasteiger partial charge on any atom is -0.467 e. The summed E-state index contributed by atoms with van der Waals surface area (Å²) in [5.41, 5.74) is 1.56. The number of thiophene rings is 1. The highest BCUT2D eigenvalue weighted by Gasteiger charge is 2.22. The van der Waals surface area contributed by atoms with Gasteiger partial charge in [0.25, 0.3) is 5.91 Å². The van der Waals surface area contributed by atoms with E-state index in [1.807, 2.05) is 19.1 Å². The predicted molar refractivity (Wildman–Crippen MR) is 100 cm³/mol. The number of carbonyl (C=O) groups is 1. The Bertz CT molecular complexity index is 1060. The lowest BCUT2D eigenvalue weighted by Gasteiger charge is -2.15. The van der Waals surface area contributed by atoms with Gasteiger partial charge in [-0.25, -0.2) is 9.97 Å². The van der Waals surface area contributed by atoms with Gasteiger partial charge in [0.1, 0.15) is 34.7 Å². The molecule has 0 bridgehead atoms. The van der Waals surface area contributed by atoms with Crippen LogP contribution in [0.1, 0.15) is 26.7 Å². The van der Waals surface area contributed by atoms with Crippen molar-refractivity contribution in [2.24, 2.45) is 0 Å². The first-order chi connectivity index (χ1) is 13.1. The van der Waals surface area contributed by atoms with Crippen molar-refractivity contribution >= 4 is 33.3 Å². The standard InChI is InChI=1S/C18H17N5O3S/c1-11-14-16(19-8-13-4-3-6-25-13)20-10-21-17(14)27-15(11)18(24)23(2)9-12-5-7-26-22-12/h3-7,10H,8-9H2,1-2H3,(H,19,20,21). The molecule has 0 saturated heterocycles. The predicted octanol–water partition coefficient (Wildman–Crippen LogP) is 3.47. The quantitative estimate of drug-likeness (QED) is 0.544. The lowest BCUT2D eigenvalue weighted by atomic mass is 10.2. The van der Waals surface area contributed by atoms with Crippen LogP contribution in [0.3, 0.4) is 0 Å². The van der Waals surface area contributed by atoms with Gasteiger partial charge in [0.15, 0.2) is 0 Å². The Kier molecular flexibility index (Phi) is 4.59. The molecule has 0 aliphatic rings. The van der Waals surface area contributed by atoms with Gasteiger partial charge in [-0.2, -0.15) is 0 Å². The lowest BCUT2D eigenvalue weighted by molar-refractivity contribution is 0.0786. The Hall–Kier alpha value is -3.20. The fraction of sp³-hybridized carbons (Fsp3) is 0.222. The van der Waals surface area contributed by atoms with E-state index in [1.54, 1.807) is 24.3 Å². The summed E-state index contributed by atoms with van der Waals surface area (Å²) in [6.07, 6.45) is 4.62. The number of fused-ring (bicyclic) bond motifs is 1. The molecule has 0 saturated carbocycles. The van der Waals surface area contributed by atoms with Crippen molar-refractivity contribution < 1.29 is 13.7 Å². The zero-order chi connectivity index (χ0) is 18.8. The highest BCUT2D eigenvalue weighted by molar-refractivity contribution is 7.20. The number of furan rings is 1. The molecule has 0 atom stereocenters. The summed E-state index contributed by atoms with van der Waals surface area (Å²) in [6, 6.07) is 5.47. The second kappa shape index (κ2) is 7.20. The average molecular weight is 383 g/mol. The topological polar surface area (TPSA) is 97.3 Å². The molecule has 8 nitrogen and oxygen atoms in total. The van der Waals surface area contributed by atoms with Gasteiger partial charge in [-0.3, -0.25) is 4.79 Å². The molecule has 0 spiro atoms. The third-order valence-electron chi connectivity index (χ3n) is 4.17. The van der Waals surface area contributed by atoms with Crippen molar-refractivity contribution in [2.75, 3.05) is 12.4 Å². The number of nitrogens with one attached hydrogen (secondary N) is 1. The minimum atomic E-state index is -0.0875. The molecule has 1 N–H and O–H groups in total. The van der Waals surface area contributed by atoms with Gasteiger partial charge in [0, 0.05) is 13.1 Å². The summed E-state index contributed by atoms with van der Waals surface area (Å²) in [5.74, 6) is 1.40. The second-order valence-electron chi connectivity index (χ2n) is 6.04. The largest absolute Gasteiger partial charge is 0.467 e. The van der Waals surface area contributed by atoms with E-state index in [2.05, 4.69) is 20.4 Å². The van der Waals surface area contributed by atoms with Crippen molar-refractivity contribution in [3.8, 4) is 0 Å². The molecule has 0 aliphatic heterocycles. The van der Waals surface area contributed by atoms with E-state index in [0.717, 1.165) is 21.5 Å². The molecule has 4 aromatic heterocycles. The number of nitrogens with zero attached hydrogens (tertiary/aromatic N) is 4. The number of aryl methyl sites for hydroxylation is 1. The number of hydrogen-bond acceptors (Lipinski definition) is 8. The van der Waals surface area contributed by atoms with Crippen LogP contribution in [0.2, 0.25) is 0 Å². The van der Waals surface area contributed by atoms with Crippen LogP contribution < -0.4 is 5.32 Å². The van der Waals surface area contributed by atoms with Crippen molar-refractivity contribution in [1.82, 2.24) is 20.0 Å². The van der Waals surface area contributed by atoms with Crippen LogP contribution in [0.15, 0.2) is 46.0 Å². The summed E-state index contributed by atoms with van der Waals surface area (Å²) < 4.78 is 10.2. The van der Waals surface area contributed by atoms with Crippen LogP contribution in [0.4, 0.5) is 5.82 Å². The van der Waals surface area contributed by atoms with E-state index in [9.17, 15) is 4.79 Å². The van der Waals surface area contributed by atoms with Crippen LogP contribution in [-0.4, -0.2) is 33.0 Å². The molecule has 0 aliphatic carbocycles. The Morgan fingerprint density at radius 3 is 2.93 bits per heavy atom. The number of anilines is 1. The molecule has 0 aromatic carbocycles. The van der Waals surface area contributed by atoms with Gasteiger partial charge in [-0.1, -0.05) is 5.16 Å². The molecule has 138 valence electrons. The van der Waals surface area contributed by atoms with Crippen molar-refractivity contribution in [2.45, 2.75) is 20.0 Å². The highest BCUT2D eigenvalue weighted by Crippen LogP contribution is 2.34. The first kappa shape index (κ1) is 17.2. The van der Waals surface area contributed by atoms with Gasteiger partial charge < -0.3 is 19.2 Å². The third kappa shape index (κ3) is 3.41. The zero-order valence-electron chi connectivity index (χ0n) is 14.8. The molecule has 4 aromatic rings. The van der Waals surface area contributed by atoms with E-state index in [-0.39, 0.29) is 5.91 Å². The van der Waals surface area contributed by atoms with Gasteiger partial charge in [0.2, 0.25) is 0 Å². The van der Waals surface area contributed by atoms with E-state index >= 15 is 0 Å². The molecular formula is C18H17N5O3S. The monoisotopic (exact) mass is 383 g/mol. The van der Waals surface area contributed by atoms with Gasteiger partial charge >= 0.3 is 0 Å². The smallest absolute Gasteiger partial charge is 0.264 e. The van der Waals surface area contributed by atoms with Crippen LogP contribution in [0, 0.1) is 6.92 Å². The molecule has 27 heavy (non-hydrogen) atoms. The maximum absolute atomic E-state index is 12.9. The first-order valence-electron chi connectivity index (χ1n) is 8.28. The Morgan fingerprint density at radius 1 is 1.30 bits per heavy atom. The fourth-order valence-corrected chi connectivity index (χ4v) is 3.94. The summed E-state index contributed by atoms with van der Waals surface area (Å²) >= 11 is 1.36. The van der Waals surface area contributed by atoms with Gasteiger partial charge in [0.05, 0.1) is 29.6 Å². The van der Waals surface area contributed by atoms with Crippen LogP contribution in [0.25, 0.3) is 10.2 Å². The number of aromatic nitrogens is 3. The number of hydrogen-bond donors (Lipinski definition) is 1. The summed E-state index contributed by atoms with van der Waals surface area (Å²) in [5, 5.41) is 7.97. The number of rotatable bonds is 6. The van der Waals surface area contributed by atoms with Crippen LogP contribution >= 0.6 is 11.3 Å². The van der Waals surface area contributed by atoms with E-state index in [4.69, 9.17) is 8.94 Å². The van der Waals surface area contributed by atoms with Gasteiger partial charge in [-0.15, -0.1) is 11.3 Å². The Balaban J connectivity index is 1.61. The van der Waals surface area contributed by atoms with Gasteiger partial charge in [-0.05, 0) is 24.6 Å². The van der Waals surface area contributed by atoms with E-state index in [1.165, 1.54) is 23.9 Å². The summed E-state index contributed by atoms with van der Waals surface area (Å²) in [6.45, 7) is 2.79. The highest BCUT2D eigenvalue weighted by atomic mass is 32.1. The Labute approximate surface area is 158 Å². The first-order valence-corrected chi connectivity index (χ1v) is 9.10. The van der Waals surface area contributed by atoms with Crippen molar-refractivity contribution in [3.05, 3.63) is 58.9 Å². The summed E-state index contributed by atoms with van der Waals surface area (Å²) in [7, 11) is 1.74. The van der Waals surface area contributed by atoms with Crippen LogP contribution in [-0.2, 0) is 13.1 Å². The van der Waals surface area contributed by atoms with Crippen molar-refractivity contribution in [1.29, 1.82) is 0 Å². The average Bonchev–Trinajstić information content (AvgIpc) is 3.41. The number of amides is 1. The zero-order valence-corrected chi connectivity index (χ0v) is 15.6. The third-order valence-corrected chi connectivity index (χ3v) is 5.36. The molecule has 4 heterocycles. The SMILES string of the molecule is Cc1c(C(=O)N(C)Cc2ccon2)sc2ncnc(NCc3ccco3)c12. The molecule has 4 rings (SSSR count). The molecule has 1 amide bonds. The van der Waals surface area contributed by atoms with E-state index in [0.29, 0.717) is 29.5 Å². The van der Waals surface area contributed by atoms with E-state index < -0.39 is 0 Å².